The molecule has 0 radical (unpaired) electrons. The molecule has 40 heavy (non-hydrogen) atoms. The van der Waals surface area contributed by atoms with Crippen molar-refractivity contribution in [2.75, 3.05) is 43.5 Å². The molecule has 1 aliphatic heterocycles. The number of nitriles is 1. The van der Waals surface area contributed by atoms with Crippen molar-refractivity contribution < 1.29 is 17.9 Å². The van der Waals surface area contributed by atoms with E-state index in [1.807, 2.05) is 24.3 Å². The van der Waals surface area contributed by atoms with Crippen molar-refractivity contribution in [1.82, 2.24) is 14.1 Å². The quantitative estimate of drug-likeness (QED) is 0.423. The standard InChI is InChI=1S/C28H33N7O4S/c1-39-23-7-4-6-22(17-23)33-13-15-34(16-14-33)40(37,38)24-11-9-21(10-12-24)31-28-25(27(30)36)19-35(32-28)26-8-3-2-5-20(26)18-29/h4,6-7,9-12,17,19-20,26H,2-3,5,8,13-16H2,1H3,(H2,30,36)(H,31,32). The van der Waals surface area contributed by atoms with E-state index in [-0.39, 0.29) is 28.2 Å². The molecule has 5 rings (SSSR count). The van der Waals surface area contributed by atoms with Crippen LogP contribution in [0.1, 0.15) is 42.1 Å². The van der Waals surface area contributed by atoms with Crippen molar-refractivity contribution in [3.63, 3.8) is 0 Å². The number of aromatic nitrogens is 2. The molecule has 1 saturated heterocycles. The molecule has 2 heterocycles. The summed E-state index contributed by atoms with van der Waals surface area (Å²) in [7, 11) is -2.06. The summed E-state index contributed by atoms with van der Waals surface area (Å²) >= 11 is 0. The lowest BCUT2D eigenvalue weighted by Crippen LogP contribution is -2.48. The van der Waals surface area contributed by atoms with Gasteiger partial charge in [-0.1, -0.05) is 18.9 Å². The van der Waals surface area contributed by atoms with Crippen LogP contribution in [0.25, 0.3) is 0 Å². The third kappa shape index (κ3) is 5.61. The van der Waals surface area contributed by atoms with Crippen LogP contribution in [0.5, 0.6) is 5.75 Å². The first-order valence-electron chi connectivity index (χ1n) is 13.3. The molecule has 1 saturated carbocycles. The highest BCUT2D eigenvalue weighted by Gasteiger charge is 2.30. The van der Waals surface area contributed by atoms with Gasteiger partial charge in [-0.15, -0.1) is 0 Å². The molecule has 3 aromatic rings. The van der Waals surface area contributed by atoms with Crippen LogP contribution in [0, 0.1) is 17.2 Å². The van der Waals surface area contributed by atoms with E-state index in [1.165, 1.54) is 4.31 Å². The molecule has 2 aliphatic rings. The molecule has 2 unspecified atom stereocenters. The van der Waals surface area contributed by atoms with Crippen LogP contribution in [-0.4, -0.2) is 61.7 Å². The van der Waals surface area contributed by atoms with Crippen LogP contribution in [0.15, 0.2) is 59.6 Å². The number of amides is 1. The maximum atomic E-state index is 13.3. The van der Waals surface area contributed by atoms with Gasteiger partial charge in [-0.2, -0.15) is 14.7 Å². The normalized spacial score (nSPS) is 20.1. The van der Waals surface area contributed by atoms with Crippen molar-refractivity contribution in [1.29, 1.82) is 5.26 Å². The van der Waals surface area contributed by atoms with Gasteiger partial charge in [0.15, 0.2) is 5.82 Å². The summed E-state index contributed by atoms with van der Waals surface area (Å²) in [4.78, 5) is 14.5. The predicted octanol–water partition coefficient (Wildman–Crippen LogP) is 3.50. The molecule has 2 atom stereocenters. The number of hydrogen-bond donors (Lipinski definition) is 2. The third-order valence-electron chi connectivity index (χ3n) is 7.64. The van der Waals surface area contributed by atoms with Crippen molar-refractivity contribution in [2.24, 2.45) is 11.7 Å². The Bertz CT molecular complexity index is 1510. The summed E-state index contributed by atoms with van der Waals surface area (Å²) in [5.41, 5.74) is 7.39. The summed E-state index contributed by atoms with van der Waals surface area (Å²) in [6.07, 6.45) is 5.18. The monoisotopic (exact) mass is 563 g/mol. The molecular formula is C28H33N7O4S. The van der Waals surface area contributed by atoms with Crippen LogP contribution in [0.3, 0.4) is 0 Å². The van der Waals surface area contributed by atoms with E-state index in [9.17, 15) is 18.5 Å². The average Bonchev–Trinajstić information content (AvgIpc) is 3.41. The van der Waals surface area contributed by atoms with Gasteiger partial charge in [0.2, 0.25) is 10.0 Å². The summed E-state index contributed by atoms with van der Waals surface area (Å²) in [6.45, 7) is 1.87. The number of carbonyl (C=O) groups is 1. The minimum atomic E-state index is -3.68. The van der Waals surface area contributed by atoms with Crippen molar-refractivity contribution in [3.05, 3.63) is 60.3 Å². The van der Waals surface area contributed by atoms with Gasteiger partial charge >= 0.3 is 0 Å². The number of nitrogens with zero attached hydrogens (tertiary/aromatic N) is 5. The fourth-order valence-electron chi connectivity index (χ4n) is 5.40. The maximum absolute atomic E-state index is 13.3. The molecule has 0 bridgehead atoms. The van der Waals surface area contributed by atoms with Gasteiger partial charge in [-0.25, -0.2) is 8.42 Å². The number of methoxy groups -OCH3 is 1. The summed E-state index contributed by atoms with van der Waals surface area (Å²) in [5.74, 6) is 0.227. The van der Waals surface area contributed by atoms with E-state index in [0.717, 1.165) is 37.1 Å². The van der Waals surface area contributed by atoms with E-state index < -0.39 is 15.9 Å². The van der Waals surface area contributed by atoms with Gasteiger partial charge in [-0.3, -0.25) is 9.48 Å². The number of ether oxygens (including phenoxy) is 1. The minimum absolute atomic E-state index is 0.121. The van der Waals surface area contributed by atoms with Crippen molar-refractivity contribution in [2.45, 2.75) is 36.6 Å². The number of benzene rings is 2. The fourth-order valence-corrected chi connectivity index (χ4v) is 6.82. The summed E-state index contributed by atoms with van der Waals surface area (Å²) in [5, 5.41) is 17.2. The molecule has 1 aliphatic carbocycles. The molecule has 210 valence electrons. The minimum Gasteiger partial charge on any atom is -0.497 e. The SMILES string of the molecule is COc1cccc(N2CCN(S(=O)(=O)c3ccc(Nc4nn(C5CCCCC5C#N)cc4C(N)=O)cc3)CC2)c1. The van der Waals surface area contributed by atoms with Crippen LogP contribution >= 0.6 is 0 Å². The first kappa shape index (κ1) is 27.5. The van der Waals surface area contributed by atoms with Gasteiger partial charge in [-0.05, 0) is 49.2 Å². The molecule has 1 amide bonds. The molecule has 3 N–H and O–H groups in total. The zero-order valence-electron chi connectivity index (χ0n) is 22.4. The largest absolute Gasteiger partial charge is 0.497 e. The summed E-state index contributed by atoms with van der Waals surface area (Å²) < 4.78 is 35.2. The molecule has 2 fully saturated rings. The van der Waals surface area contributed by atoms with Gasteiger partial charge in [0.05, 0.1) is 30.0 Å². The fraction of sp³-hybridized carbons (Fsp3) is 0.393. The second-order valence-corrected chi connectivity index (χ2v) is 12.0. The molecule has 12 heteroatoms. The van der Waals surface area contributed by atoms with E-state index in [2.05, 4.69) is 21.4 Å². The summed E-state index contributed by atoms with van der Waals surface area (Å²) in [6, 6.07) is 16.3. The highest BCUT2D eigenvalue weighted by atomic mass is 32.2. The first-order chi connectivity index (χ1) is 19.3. The smallest absolute Gasteiger partial charge is 0.254 e. The third-order valence-corrected chi connectivity index (χ3v) is 9.56. The van der Waals surface area contributed by atoms with E-state index in [0.29, 0.717) is 31.9 Å². The number of nitrogens with two attached hydrogens (primary N) is 1. The lowest BCUT2D eigenvalue weighted by molar-refractivity contribution is 0.100. The van der Waals surface area contributed by atoms with Crippen LogP contribution < -0.4 is 20.7 Å². The topological polar surface area (TPSA) is 147 Å². The van der Waals surface area contributed by atoms with Gasteiger partial charge in [0.25, 0.3) is 5.91 Å². The number of nitrogens with one attached hydrogen (secondary N) is 1. The Labute approximate surface area is 234 Å². The van der Waals surface area contributed by atoms with Gasteiger partial charge in [0.1, 0.15) is 11.3 Å². The number of primary amides is 1. The molecular weight excluding hydrogens is 530 g/mol. The Morgan fingerprint density at radius 2 is 1.82 bits per heavy atom. The molecule has 2 aromatic carbocycles. The molecule has 0 spiro atoms. The van der Waals surface area contributed by atoms with Crippen LogP contribution in [-0.2, 0) is 10.0 Å². The molecule has 11 nitrogen and oxygen atoms in total. The Kier molecular flexibility index (Phi) is 7.95. The highest BCUT2D eigenvalue weighted by Crippen LogP contribution is 2.34. The van der Waals surface area contributed by atoms with E-state index in [4.69, 9.17) is 10.5 Å². The zero-order chi connectivity index (χ0) is 28.3. The first-order valence-corrected chi connectivity index (χ1v) is 14.8. The number of rotatable bonds is 8. The maximum Gasteiger partial charge on any atom is 0.254 e. The number of piperazine rings is 1. The van der Waals surface area contributed by atoms with Gasteiger partial charge in [0, 0.05) is 49.8 Å². The Hall–Kier alpha value is -4.08. The molecule has 1 aromatic heterocycles. The van der Waals surface area contributed by atoms with E-state index in [1.54, 1.807) is 42.3 Å². The Morgan fingerprint density at radius 3 is 2.50 bits per heavy atom. The van der Waals surface area contributed by atoms with Crippen molar-refractivity contribution in [3.8, 4) is 11.8 Å². The van der Waals surface area contributed by atoms with Crippen LogP contribution in [0.2, 0.25) is 0 Å². The number of hydrogen-bond acceptors (Lipinski definition) is 8. The zero-order valence-corrected chi connectivity index (χ0v) is 23.2. The lowest BCUT2D eigenvalue weighted by Gasteiger charge is -2.35. The second-order valence-electron chi connectivity index (χ2n) is 10.1. The van der Waals surface area contributed by atoms with E-state index >= 15 is 0 Å². The van der Waals surface area contributed by atoms with Crippen molar-refractivity contribution >= 4 is 33.1 Å². The predicted molar refractivity (Wildman–Crippen MR) is 151 cm³/mol. The lowest BCUT2D eigenvalue weighted by atomic mass is 9.85. The number of sulfonamides is 1. The average molecular weight is 564 g/mol. The second kappa shape index (κ2) is 11.6. The highest BCUT2D eigenvalue weighted by molar-refractivity contribution is 7.89. The Balaban J connectivity index is 1.27. The van der Waals surface area contributed by atoms with Gasteiger partial charge < -0.3 is 20.7 Å². The number of carbonyl (C=O) groups excluding carboxylic acids is 1. The van der Waals surface area contributed by atoms with Crippen LogP contribution in [0.4, 0.5) is 17.2 Å². The number of anilines is 3. The Morgan fingerprint density at radius 1 is 1.10 bits per heavy atom.